The zero-order chi connectivity index (χ0) is 13.9. The third-order valence-electron chi connectivity index (χ3n) is 2.77. The monoisotopic (exact) mass is 266 g/mol. The number of rotatable bonds is 10. The second-order valence-corrected chi connectivity index (χ2v) is 4.38. The Balaban J connectivity index is 2.17. The summed E-state index contributed by atoms with van der Waals surface area (Å²) in [6, 6.07) is 6.48. The average Bonchev–Trinajstić information content (AvgIpc) is 2.42. The standard InChI is InChI=1S/C14H22N2O3/c1-2-3-10-15-11-6-7-12-19-14-9-5-4-8-13(14)16(17)18/h4-5,8-9,15H,2-3,6-7,10-12H2,1H3. The van der Waals surface area contributed by atoms with Crippen LogP contribution in [0.3, 0.4) is 0 Å². The summed E-state index contributed by atoms with van der Waals surface area (Å²) in [5.74, 6) is 0.353. The van der Waals surface area contributed by atoms with Gasteiger partial charge in [-0.25, -0.2) is 0 Å². The lowest BCUT2D eigenvalue weighted by Gasteiger charge is -2.07. The SMILES string of the molecule is CCCCNCCCCOc1ccccc1[N+](=O)[O-]. The maximum absolute atomic E-state index is 10.8. The van der Waals surface area contributed by atoms with Crippen LogP contribution in [0, 0.1) is 10.1 Å². The van der Waals surface area contributed by atoms with Crippen LogP contribution in [0.2, 0.25) is 0 Å². The van der Waals surface area contributed by atoms with Crippen molar-refractivity contribution >= 4 is 5.69 Å². The smallest absolute Gasteiger partial charge is 0.310 e. The van der Waals surface area contributed by atoms with Crippen molar-refractivity contribution in [3.63, 3.8) is 0 Å². The molecule has 0 aliphatic rings. The number of nitrogens with one attached hydrogen (secondary N) is 1. The molecule has 0 saturated heterocycles. The maximum Gasteiger partial charge on any atom is 0.310 e. The molecule has 0 radical (unpaired) electrons. The number of para-hydroxylation sites is 2. The van der Waals surface area contributed by atoms with Crippen LogP contribution in [0.5, 0.6) is 5.75 Å². The second-order valence-electron chi connectivity index (χ2n) is 4.38. The fourth-order valence-electron chi connectivity index (χ4n) is 1.69. The van der Waals surface area contributed by atoms with E-state index in [0.29, 0.717) is 12.4 Å². The third-order valence-corrected chi connectivity index (χ3v) is 2.77. The molecule has 1 N–H and O–H groups in total. The Bertz CT molecular complexity index is 383. The minimum Gasteiger partial charge on any atom is -0.487 e. The van der Waals surface area contributed by atoms with E-state index in [0.717, 1.165) is 25.9 Å². The predicted octanol–water partition coefficient (Wildman–Crippen LogP) is 3.14. The van der Waals surface area contributed by atoms with Gasteiger partial charge in [0.15, 0.2) is 5.75 Å². The highest BCUT2D eigenvalue weighted by atomic mass is 16.6. The summed E-state index contributed by atoms with van der Waals surface area (Å²) < 4.78 is 5.46. The van der Waals surface area contributed by atoms with E-state index >= 15 is 0 Å². The van der Waals surface area contributed by atoms with E-state index in [-0.39, 0.29) is 5.69 Å². The first-order chi connectivity index (χ1) is 9.25. The van der Waals surface area contributed by atoms with E-state index in [1.807, 2.05) is 0 Å². The number of nitrogens with zero attached hydrogens (tertiary/aromatic N) is 1. The van der Waals surface area contributed by atoms with E-state index in [4.69, 9.17) is 4.74 Å². The van der Waals surface area contributed by atoms with Gasteiger partial charge >= 0.3 is 5.69 Å². The molecule has 0 aliphatic carbocycles. The van der Waals surface area contributed by atoms with Gasteiger partial charge in [0.25, 0.3) is 0 Å². The normalized spacial score (nSPS) is 10.4. The molecule has 0 amide bonds. The Morgan fingerprint density at radius 2 is 1.95 bits per heavy atom. The molecule has 5 heteroatoms. The largest absolute Gasteiger partial charge is 0.487 e. The first-order valence-corrected chi connectivity index (χ1v) is 6.82. The number of unbranched alkanes of at least 4 members (excludes halogenated alkanes) is 2. The summed E-state index contributed by atoms with van der Waals surface area (Å²) >= 11 is 0. The van der Waals surface area contributed by atoms with Crippen LogP contribution in [0.4, 0.5) is 5.69 Å². The van der Waals surface area contributed by atoms with Crippen molar-refractivity contribution in [3.05, 3.63) is 34.4 Å². The number of hydrogen-bond donors (Lipinski definition) is 1. The van der Waals surface area contributed by atoms with Crippen molar-refractivity contribution < 1.29 is 9.66 Å². The summed E-state index contributed by atoms with van der Waals surface area (Å²) in [5, 5.41) is 14.1. The molecule has 19 heavy (non-hydrogen) atoms. The summed E-state index contributed by atoms with van der Waals surface area (Å²) in [6.45, 7) is 4.71. The Hall–Kier alpha value is -1.62. The van der Waals surface area contributed by atoms with Gasteiger partial charge < -0.3 is 10.1 Å². The van der Waals surface area contributed by atoms with E-state index in [2.05, 4.69) is 12.2 Å². The van der Waals surface area contributed by atoms with E-state index < -0.39 is 4.92 Å². The topological polar surface area (TPSA) is 64.4 Å². The Kier molecular flexibility index (Phi) is 7.58. The summed E-state index contributed by atoms with van der Waals surface area (Å²) in [4.78, 5) is 10.4. The van der Waals surface area contributed by atoms with Gasteiger partial charge in [-0.2, -0.15) is 0 Å². The quantitative estimate of drug-likeness (QED) is 0.401. The lowest BCUT2D eigenvalue weighted by molar-refractivity contribution is -0.385. The van der Waals surface area contributed by atoms with Crippen LogP contribution in [0.15, 0.2) is 24.3 Å². The maximum atomic E-state index is 10.8. The van der Waals surface area contributed by atoms with Gasteiger partial charge in [0.1, 0.15) is 0 Å². The Morgan fingerprint density at radius 3 is 2.68 bits per heavy atom. The van der Waals surface area contributed by atoms with Crippen LogP contribution in [0.25, 0.3) is 0 Å². The predicted molar refractivity (Wildman–Crippen MR) is 75.6 cm³/mol. The summed E-state index contributed by atoms with van der Waals surface area (Å²) in [7, 11) is 0. The highest BCUT2D eigenvalue weighted by Gasteiger charge is 2.12. The Labute approximate surface area is 114 Å². The summed E-state index contributed by atoms with van der Waals surface area (Å²) in [5.41, 5.74) is 0.0311. The molecule has 0 aliphatic heterocycles. The van der Waals surface area contributed by atoms with Crippen molar-refractivity contribution in [2.24, 2.45) is 0 Å². The van der Waals surface area contributed by atoms with Gasteiger partial charge in [-0.1, -0.05) is 25.5 Å². The Morgan fingerprint density at radius 1 is 1.21 bits per heavy atom. The third kappa shape index (κ3) is 6.20. The average molecular weight is 266 g/mol. The highest BCUT2D eigenvalue weighted by molar-refractivity contribution is 5.45. The number of nitro groups is 1. The van der Waals surface area contributed by atoms with Gasteiger partial charge in [-0.15, -0.1) is 0 Å². The van der Waals surface area contributed by atoms with Gasteiger partial charge in [-0.3, -0.25) is 10.1 Å². The van der Waals surface area contributed by atoms with Gasteiger partial charge in [0, 0.05) is 6.07 Å². The molecular formula is C14H22N2O3. The van der Waals surface area contributed by atoms with E-state index in [1.165, 1.54) is 18.9 Å². The second kappa shape index (κ2) is 9.33. The molecule has 0 aromatic heterocycles. The first kappa shape index (κ1) is 15.4. The van der Waals surface area contributed by atoms with Gasteiger partial charge in [0.2, 0.25) is 0 Å². The fraction of sp³-hybridized carbons (Fsp3) is 0.571. The number of ether oxygens (including phenoxy) is 1. The van der Waals surface area contributed by atoms with Gasteiger partial charge in [0.05, 0.1) is 11.5 Å². The molecule has 0 atom stereocenters. The molecule has 1 rings (SSSR count). The van der Waals surface area contributed by atoms with Crippen LogP contribution in [0.1, 0.15) is 32.6 Å². The first-order valence-electron chi connectivity index (χ1n) is 6.82. The molecule has 0 unspecified atom stereocenters. The molecule has 1 aromatic rings. The molecule has 0 bridgehead atoms. The van der Waals surface area contributed by atoms with Crippen LogP contribution >= 0.6 is 0 Å². The highest BCUT2D eigenvalue weighted by Crippen LogP contribution is 2.25. The fourth-order valence-corrected chi connectivity index (χ4v) is 1.69. The molecule has 0 heterocycles. The van der Waals surface area contributed by atoms with Crippen LogP contribution < -0.4 is 10.1 Å². The van der Waals surface area contributed by atoms with Crippen LogP contribution in [-0.2, 0) is 0 Å². The molecule has 0 fully saturated rings. The van der Waals surface area contributed by atoms with Gasteiger partial charge in [-0.05, 0) is 38.4 Å². The molecular weight excluding hydrogens is 244 g/mol. The van der Waals surface area contributed by atoms with Crippen molar-refractivity contribution in [3.8, 4) is 5.75 Å². The van der Waals surface area contributed by atoms with Crippen molar-refractivity contribution in [2.45, 2.75) is 32.6 Å². The number of hydrogen-bond acceptors (Lipinski definition) is 4. The molecule has 106 valence electrons. The van der Waals surface area contributed by atoms with Crippen molar-refractivity contribution in [2.75, 3.05) is 19.7 Å². The summed E-state index contributed by atoms with van der Waals surface area (Å²) in [6.07, 6.45) is 4.32. The lowest BCUT2D eigenvalue weighted by atomic mass is 10.3. The zero-order valence-electron chi connectivity index (χ0n) is 11.4. The minimum atomic E-state index is -0.415. The minimum absolute atomic E-state index is 0.0311. The molecule has 1 aromatic carbocycles. The molecule has 0 spiro atoms. The van der Waals surface area contributed by atoms with Crippen molar-refractivity contribution in [1.82, 2.24) is 5.32 Å². The van der Waals surface area contributed by atoms with E-state index in [9.17, 15) is 10.1 Å². The molecule has 0 saturated carbocycles. The number of nitro benzene ring substituents is 1. The van der Waals surface area contributed by atoms with Crippen molar-refractivity contribution in [1.29, 1.82) is 0 Å². The van der Waals surface area contributed by atoms with E-state index in [1.54, 1.807) is 18.2 Å². The van der Waals surface area contributed by atoms with Crippen LogP contribution in [-0.4, -0.2) is 24.6 Å². The lowest BCUT2D eigenvalue weighted by Crippen LogP contribution is -2.17. The zero-order valence-corrected chi connectivity index (χ0v) is 11.4. The number of benzene rings is 1. The molecule has 5 nitrogen and oxygen atoms in total.